The van der Waals surface area contributed by atoms with E-state index in [4.69, 9.17) is 4.42 Å². The van der Waals surface area contributed by atoms with Crippen LogP contribution in [0.25, 0.3) is 110 Å². The second-order valence-electron chi connectivity index (χ2n) is 13.1. The summed E-state index contributed by atoms with van der Waals surface area (Å²) in [4.78, 5) is 0. The Morgan fingerprint density at radius 3 is 1.47 bits per heavy atom. The topological polar surface area (TPSA) is 13.1 Å². The molecule has 49 heavy (non-hydrogen) atoms. The van der Waals surface area contributed by atoms with Crippen molar-refractivity contribution in [3.63, 3.8) is 0 Å². The number of rotatable bonds is 3. The van der Waals surface area contributed by atoms with Crippen LogP contribution in [0.1, 0.15) is 0 Å². The van der Waals surface area contributed by atoms with Gasteiger partial charge in [0.2, 0.25) is 0 Å². The first kappa shape index (κ1) is 26.6. The third-order valence-electron chi connectivity index (χ3n) is 10.6. The summed E-state index contributed by atoms with van der Waals surface area (Å²) in [7, 11) is 0. The van der Waals surface area contributed by atoms with Gasteiger partial charge in [-0.1, -0.05) is 164 Å². The molecule has 0 saturated heterocycles. The second kappa shape index (κ2) is 10.0. The predicted molar refractivity (Wildman–Crippen MR) is 207 cm³/mol. The molecule has 0 amide bonds. The van der Waals surface area contributed by atoms with E-state index in [1.165, 1.54) is 77.0 Å². The van der Waals surface area contributed by atoms with Gasteiger partial charge in [-0.3, -0.25) is 0 Å². The average Bonchev–Trinajstić information content (AvgIpc) is 3.72. The first-order valence-corrected chi connectivity index (χ1v) is 16.9. The number of benzene rings is 9. The Morgan fingerprint density at radius 2 is 0.776 bits per heavy atom. The fourth-order valence-electron chi connectivity index (χ4n) is 8.58. The molecule has 0 unspecified atom stereocenters. The predicted octanol–water partition coefficient (Wildman–Crippen LogP) is 13.7. The van der Waals surface area contributed by atoms with Gasteiger partial charge in [0, 0.05) is 21.7 Å². The van der Waals surface area contributed by atoms with Gasteiger partial charge < -0.3 is 4.42 Å². The molecule has 0 radical (unpaired) electrons. The van der Waals surface area contributed by atoms with E-state index in [0.717, 1.165) is 32.9 Å². The highest BCUT2D eigenvalue weighted by molar-refractivity contribution is 6.29. The van der Waals surface area contributed by atoms with Gasteiger partial charge in [-0.15, -0.1) is 0 Å². The molecule has 0 fully saturated rings. The summed E-state index contributed by atoms with van der Waals surface area (Å²) in [5, 5.41) is 9.73. The summed E-state index contributed by atoms with van der Waals surface area (Å²) in [5.74, 6) is 0. The van der Waals surface area contributed by atoms with Crippen LogP contribution in [0, 0.1) is 0 Å². The molecule has 1 aliphatic carbocycles. The van der Waals surface area contributed by atoms with Crippen LogP contribution >= 0.6 is 0 Å². The zero-order valence-corrected chi connectivity index (χ0v) is 26.6. The van der Waals surface area contributed by atoms with E-state index in [-0.39, 0.29) is 0 Å². The minimum absolute atomic E-state index is 0.936. The fraction of sp³-hybridized carbons (Fsp3) is 0. The van der Waals surface area contributed by atoms with E-state index < -0.39 is 0 Å². The molecule has 1 heteroatoms. The van der Waals surface area contributed by atoms with E-state index >= 15 is 0 Å². The molecule has 11 rings (SSSR count). The highest BCUT2D eigenvalue weighted by Gasteiger charge is 2.31. The molecule has 226 valence electrons. The molecular weight excluding hydrogens is 593 g/mol. The maximum Gasteiger partial charge on any atom is 0.143 e. The number of hydrogen-bond acceptors (Lipinski definition) is 1. The summed E-state index contributed by atoms with van der Waals surface area (Å²) in [6.45, 7) is 0. The molecule has 0 aliphatic heterocycles. The highest BCUT2D eigenvalue weighted by Crippen LogP contribution is 2.58. The average molecular weight is 621 g/mol. The van der Waals surface area contributed by atoms with E-state index in [2.05, 4.69) is 170 Å². The Kier molecular flexibility index (Phi) is 5.45. The molecule has 1 heterocycles. The molecule has 0 atom stereocenters. The van der Waals surface area contributed by atoms with Crippen molar-refractivity contribution in [2.45, 2.75) is 0 Å². The van der Waals surface area contributed by atoms with Gasteiger partial charge in [0.25, 0.3) is 0 Å². The van der Waals surface area contributed by atoms with Crippen molar-refractivity contribution in [2.75, 3.05) is 0 Å². The quantitative estimate of drug-likeness (QED) is 0.192. The number of hydrogen-bond donors (Lipinski definition) is 0. The van der Waals surface area contributed by atoms with Crippen molar-refractivity contribution in [3.05, 3.63) is 170 Å². The Bertz CT molecular complexity index is 2870. The minimum atomic E-state index is 0.936. The Hall–Kier alpha value is -6.44. The van der Waals surface area contributed by atoms with Crippen LogP contribution in [-0.2, 0) is 0 Å². The van der Waals surface area contributed by atoms with Crippen LogP contribution in [0.5, 0.6) is 0 Å². The van der Waals surface area contributed by atoms with Crippen LogP contribution in [0.3, 0.4) is 0 Å². The van der Waals surface area contributed by atoms with Gasteiger partial charge in [-0.2, -0.15) is 0 Å². The smallest absolute Gasteiger partial charge is 0.143 e. The highest BCUT2D eigenvalue weighted by atomic mass is 16.3. The normalized spacial score (nSPS) is 12.1. The lowest BCUT2D eigenvalue weighted by atomic mass is 9.82. The molecule has 9 aromatic carbocycles. The fourth-order valence-corrected chi connectivity index (χ4v) is 8.58. The Balaban J connectivity index is 1.26. The lowest BCUT2D eigenvalue weighted by Crippen LogP contribution is -1.93. The van der Waals surface area contributed by atoms with E-state index in [1.807, 2.05) is 0 Å². The van der Waals surface area contributed by atoms with Crippen molar-refractivity contribution in [3.8, 4) is 55.6 Å². The van der Waals surface area contributed by atoms with Crippen LogP contribution in [-0.4, -0.2) is 0 Å². The molecule has 0 saturated carbocycles. The van der Waals surface area contributed by atoms with Crippen molar-refractivity contribution in [1.29, 1.82) is 0 Å². The van der Waals surface area contributed by atoms with Crippen molar-refractivity contribution in [2.24, 2.45) is 0 Å². The van der Waals surface area contributed by atoms with Crippen molar-refractivity contribution < 1.29 is 4.42 Å². The standard InChI is InChI=1S/C48H28O/c1-3-14-30(15-4-1)42-35-19-9-10-20-36(35)43(31-16-5-2-6-17-31)46-41-28-27-33(34-21-11-24-40(44(34)41)45(42)46)37-22-12-23-38-39-26-25-29-13-7-8-18-32(29)47(39)49-48(37)38/h1-28H. The molecule has 1 nitrogen and oxygen atoms in total. The first-order chi connectivity index (χ1) is 24.3. The Labute approximate surface area is 283 Å². The number of para-hydroxylation sites is 1. The van der Waals surface area contributed by atoms with E-state index in [1.54, 1.807) is 0 Å². The van der Waals surface area contributed by atoms with Gasteiger partial charge in [0.15, 0.2) is 0 Å². The summed E-state index contributed by atoms with van der Waals surface area (Å²) >= 11 is 0. The minimum Gasteiger partial charge on any atom is -0.455 e. The van der Waals surface area contributed by atoms with Gasteiger partial charge in [-0.05, 0) is 83.1 Å². The monoisotopic (exact) mass is 620 g/mol. The molecule has 0 N–H and O–H groups in total. The zero-order chi connectivity index (χ0) is 32.1. The van der Waals surface area contributed by atoms with Gasteiger partial charge >= 0.3 is 0 Å². The number of furan rings is 1. The summed E-state index contributed by atoms with van der Waals surface area (Å²) < 4.78 is 6.84. The van der Waals surface area contributed by atoms with Gasteiger partial charge in [-0.25, -0.2) is 0 Å². The third-order valence-corrected chi connectivity index (χ3v) is 10.6. The third kappa shape index (κ3) is 3.65. The van der Waals surface area contributed by atoms with Crippen LogP contribution in [0.4, 0.5) is 0 Å². The maximum absolute atomic E-state index is 6.84. The van der Waals surface area contributed by atoms with Crippen molar-refractivity contribution in [1.82, 2.24) is 0 Å². The largest absolute Gasteiger partial charge is 0.455 e. The van der Waals surface area contributed by atoms with Crippen LogP contribution in [0.2, 0.25) is 0 Å². The zero-order valence-electron chi connectivity index (χ0n) is 26.6. The Morgan fingerprint density at radius 1 is 0.265 bits per heavy atom. The second-order valence-corrected chi connectivity index (χ2v) is 13.1. The maximum atomic E-state index is 6.84. The summed E-state index contributed by atoms with van der Waals surface area (Å²) in [6.07, 6.45) is 0. The SMILES string of the molecule is c1ccc(-c2c3c(c(-c4ccccc4)c4ccccc24)-c2ccc(-c4cccc5c4oc4c6ccccc6ccc54)c4cccc-3c24)cc1. The van der Waals surface area contributed by atoms with E-state index in [9.17, 15) is 0 Å². The first-order valence-electron chi connectivity index (χ1n) is 16.9. The molecular formula is C48H28O. The summed E-state index contributed by atoms with van der Waals surface area (Å²) in [5.41, 5.74) is 14.5. The lowest BCUT2D eigenvalue weighted by Gasteiger charge is -2.20. The molecule has 1 aliphatic rings. The van der Waals surface area contributed by atoms with Gasteiger partial charge in [0.1, 0.15) is 11.2 Å². The molecule has 10 aromatic rings. The van der Waals surface area contributed by atoms with Crippen LogP contribution in [0.15, 0.2) is 174 Å². The lowest BCUT2D eigenvalue weighted by molar-refractivity contribution is 0.674. The summed E-state index contributed by atoms with van der Waals surface area (Å²) in [6, 6.07) is 61.8. The molecule has 0 bridgehead atoms. The van der Waals surface area contributed by atoms with Crippen molar-refractivity contribution >= 4 is 54.3 Å². The molecule has 1 aromatic heterocycles. The van der Waals surface area contributed by atoms with Crippen LogP contribution < -0.4 is 0 Å². The number of fused-ring (bicyclic) bond motifs is 9. The van der Waals surface area contributed by atoms with E-state index in [0.29, 0.717) is 0 Å². The van der Waals surface area contributed by atoms with Gasteiger partial charge in [0.05, 0.1) is 0 Å². The molecule has 0 spiro atoms.